The van der Waals surface area contributed by atoms with Gasteiger partial charge in [-0.25, -0.2) is 0 Å². The van der Waals surface area contributed by atoms with Crippen LogP contribution in [0.2, 0.25) is 0 Å². The Labute approximate surface area is 112 Å². The fourth-order valence-corrected chi connectivity index (χ4v) is 3.92. The molecule has 4 nitrogen and oxygen atoms in total. The summed E-state index contributed by atoms with van der Waals surface area (Å²) < 4.78 is 0. The highest BCUT2D eigenvalue weighted by Crippen LogP contribution is 2.33. The molecule has 0 aromatic rings. The Kier molecular flexibility index (Phi) is 4.54. The third-order valence-electron chi connectivity index (χ3n) is 4.10. The molecule has 1 aliphatic carbocycles. The molecule has 0 aromatic heterocycles. The topological polar surface area (TPSA) is 57.6 Å². The molecule has 102 valence electrons. The van der Waals surface area contributed by atoms with Gasteiger partial charge in [0.15, 0.2) is 0 Å². The van der Waals surface area contributed by atoms with Crippen LogP contribution in [0.15, 0.2) is 0 Å². The molecule has 0 bridgehead atoms. The lowest BCUT2D eigenvalue weighted by Gasteiger charge is -2.29. The molecule has 18 heavy (non-hydrogen) atoms. The molecule has 0 radical (unpaired) electrons. The zero-order valence-corrected chi connectivity index (χ0v) is 11.6. The third kappa shape index (κ3) is 2.99. The number of carboxylic acid groups (broad SMARTS) is 1. The van der Waals surface area contributed by atoms with Crippen molar-refractivity contribution in [2.75, 3.05) is 18.1 Å². The second-order valence-electron chi connectivity index (χ2n) is 5.33. The molecule has 1 unspecified atom stereocenters. The van der Waals surface area contributed by atoms with Gasteiger partial charge in [0.25, 0.3) is 0 Å². The Morgan fingerprint density at radius 3 is 2.56 bits per heavy atom. The maximum atomic E-state index is 12.5. The van der Waals surface area contributed by atoms with E-state index in [-0.39, 0.29) is 17.7 Å². The summed E-state index contributed by atoms with van der Waals surface area (Å²) in [5.41, 5.74) is 0. The number of amides is 1. The van der Waals surface area contributed by atoms with E-state index < -0.39 is 5.97 Å². The van der Waals surface area contributed by atoms with Crippen LogP contribution in [0.4, 0.5) is 0 Å². The van der Waals surface area contributed by atoms with E-state index in [0.29, 0.717) is 18.9 Å². The predicted octanol–water partition coefficient (Wildman–Crippen LogP) is 1.84. The van der Waals surface area contributed by atoms with E-state index in [2.05, 4.69) is 6.92 Å². The number of hydrogen-bond acceptors (Lipinski definition) is 3. The molecule has 2 rings (SSSR count). The van der Waals surface area contributed by atoms with Gasteiger partial charge in [-0.15, -0.1) is 0 Å². The smallest absolute Gasteiger partial charge is 0.306 e. The fourth-order valence-electron chi connectivity index (χ4n) is 2.89. The first-order valence-electron chi connectivity index (χ1n) is 6.70. The van der Waals surface area contributed by atoms with Crippen LogP contribution in [0.3, 0.4) is 0 Å². The monoisotopic (exact) mass is 271 g/mol. The first-order valence-corrected chi connectivity index (χ1v) is 7.86. The van der Waals surface area contributed by atoms with Crippen LogP contribution in [0, 0.1) is 11.8 Å². The van der Waals surface area contributed by atoms with Gasteiger partial charge in [-0.1, -0.05) is 0 Å². The minimum Gasteiger partial charge on any atom is -0.481 e. The highest BCUT2D eigenvalue weighted by Gasteiger charge is 2.37. The van der Waals surface area contributed by atoms with Crippen molar-refractivity contribution in [3.8, 4) is 0 Å². The van der Waals surface area contributed by atoms with E-state index in [1.54, 1.807) is 0 Å². The molecule has 0 aromatic carbocycles. The first kappa shape index (κ1) is 13.7. The number of carbonyl (C=O) groups is 2. The van der Waals surface area contributed by atoms with E-state index in [4.69, 9.17) is 5.11 Å². The van der Waals surface area contributed by atoms with Crippen molar-refractivity contribution in [2.45, 2.75) is 38.6 Å². The van der Waals surface area contributed by atoms with Crippen molar-refractivity contribution < 1.29 is 14.7 Å². The average Bonchev–Trinajstić information content (AvgIpc) is 2.73. The van der Waals surface area contributed by atoms with Crippen LogP contribution < -0.4 is 0 Å². The molecular formula is C13H21NO3S. The van der Waals surface area contributed by atoms with Crippen molar-refractivity contribution >= 4 is 23.6 Å². The summed E-state index contributed by atoms with van der Waals surface area (Å²) in [5, 5.41) is 8.99. The van der Waals surface area contributed by atoms with Gasteiger partial charge in [0.2, 0.25) is 5.91 Å². The van der Waals surface area contributed by atoms with Crippen LogP contribution >= 0.6 is 11.8 Å². The van der Waals surface area contributed by atoms with E-state index in [1.165, 1.54) is 0 Å². The molecule has 3 atom stereocenters. The molecule has 1 N–H and O–H groups in total. The Bertz CT molecular complexity index is 334. The van der Waals surface area contributed by atoms with Gasteiger partial charge < -0.3 is 10.0 Å². The second kappa shape index (κ2) is 5.95. The van der Waals surface area contributed by atoms with E-state index in [9.17, 15) is 9.59 Å². The van der Waals surface area contributed by atoms with E-state index in [1.807, 2.05) is 16.7 Å². The Morgan fingerprint density at radius 2 is 1.89 bits per heavy atom. The van der Waals surface area contributed by atoms with Gasteiger partial charge in [-0.3, -0.25) is 9.59 Å². The molecular weight excluding hydrogens is 250 g/mol. The minimum absolute atomic E-state index is 0.0587. The number of hydrogen-bond donors (Lipinski definition) is 1. The number of nitrogens with zero attached hydrogens (tertiary/aromatic N) is 1. The third-order valence-corrected chi connectivity index (χ3v) is 5.10. The second-order valence-corrected chi connectivity index (χ2v) is 6.55. The Morgan fingerprint density at radius 1 is 1.17 bits per heavy atom. The number of thioether (sulfide) groups is 1. The van der Waals surface area contributed by atoms with Crippen molar-refractivity contribution in [2.24, 2.45) is 11.8 Å². The van der Waals surface area contributed by atoms with Crippen LogP contribution in [0.25, 0.3) is 0 Å². The van der Waals surface area contributed by atoms with Gasteiger partial charge >= 0.3 is 5.97 Å². The lowest BCUT2D eigenvalue weighted by molar-refractivity contribution is -0.141. The van der Waals surface area contributed by atoms with E-state index in [0.717, 1.165) is 30.9 Å². The van der Waals surface area contributed by atoms with Crippen LogP contribution in [0.1, 0.15) is 32.6 Å². The number of rotatable bonds is 2. The molecule has 1 heterocycles. The summed E-state index contributed by atoms with van der Waals surface area (Å²) in [7, 11) is 0. The quantitative estimate of drug-likeness (QED) is 0.832. The van der Waals surface area contributed by atoms with Gasteiger partial charge in [-0.2, -0.15) is 11.8 Å². The number of carbonyl (C=O) groups excluding carboxylic acids is 1. The van der Waals surface area contributed by atoms with Crippen molar-refractivity contribution in [1.29, 1.82) is 0 Å². The number of aliphatic carboxylic acids is 1. The zero-order chi connectivity index (χ0) is 13.1. The van der Waals surface area contributed by atoms with Gasteiger partial charge in [0, 0.05) is 24.3 Å². The summed E-state index contributed by atoms with van der Waals surface area (Å²) in [5.74, 6) is 1.20. The molecule has 2 fully saturated rings. The van der Waals surface area contributed by atoms with Gasteiger partial charge in [0.05, 0.1) is 5.92 Å². The summed E-state index contributed by atoms with van der Waals surface area (Å²) in [4.78, 5) is 25.4. The van der Waals surface area contributed by atoms with Crippen molar-refractivity contribution in [1.82, 2.24) is 4.90 Å². The zero-order valence-electron chi connectivity index (χ0n) is 10.8. The van der Waals surface area contributed by atoms with E-state index >= 15 is 0 Å². The summed E-state index contributed by atoms with van der Waals surface area (Å²) in [6, 6.07) is 0.302. The summed E-state index contributed by atoms with van der Waals surface area (Å²) in [6.07, 6.45) is 2.98. The molecule has 1 amide bonds. The van der Waals surface area contributed by atoms with Crippen LogP contribution in [-0.2, 0) is 9.59 Å². The molecule has 5 heteroatoms. The van der Waals surface area contributed by atoms with Gasteiger partial charge in [0.1, 0.15) is 0 Å². The Balaban J connectivity index is 1.96. The largest absolute Gasteiger partial charge is 0.481 e. The lowest BCUT2D eigenvalue weighted by atomic mass is 10.0. The highest BCUT2D eigenvalue weighted by molar-refractivity contribution is 7.99. The van der Waals surface area contributed by atoms with Crippen molar-refractivity contribution in [3.05, 3.63) is 0 Å². The Hall–Kier alpha value is -0.710. The van der Waals surface area contributed by atoms with Crippen LogP contribution in [-0.4, -0.2) is 46.0 Å². The SMILES string of the molecule is CC1CCSCCN1C(=O)[C@@H]1CC[C@H](C(=O)O)C1. The number of carboxylic acids is 1. The molecule has 2 aliphatic rings. The molecule has 0 spiro atoms. The standard InChI is InChI=1S/C13H21NO3S/c1-9-4-6-18-7-5-14(9)12(15)10-2-3-11(8-10)13(16)17/h9-11H,2-8H2,1H3,(H,16,17)/t9?,10-,11+/m1/s1. The average molecular weight is 271 g/mol. The van der Waals surface area contributed by atoms with Crippen molar-refractivity contribution in [3.63, 3.8) is 0 Å². The molecule has 1 saturated carbocycles. The fraction of sp³-hybridized carbons (Fsp3) is 0.846. The normalized spacial score (nSPS) is 33.2. The minimum atomic E-state index is -0.746. The summed E-state index contributed by atoms with van der Waals surface area (Å²) >= 11 is 1.90. The van der Waals surface area contributed by atoms with Gasteiger partial charge in [-0.05, 0) is 38.4 Å². The summed E-state index contributed by atoms with van der Waals surface area (Å²) in [6.45, 7) is 2.92. The highest BCUT2D eigenvalue weighted by atomic mass is 32.2. The molecule has 1 saturated heterocycles. The maximum absolute atomic E-state index is 12.5. The lowest BCUT2D eigenvalue weighted by Crippen LogP contribution is -2.42. The van der Waals surface area contributed by atoms with Crippen LogP contribution in [0.5, 0.6) is 0 Å². The maximum Gasteiger partial charge on any atom is 0.306 e. The molecule has 1 aliphatic heterocycles. The predicted molar refractivity (Wildman–Crippen MR) is 71.6 cm³/mol. The first-order chi connectivity index (χ1) is 8.59.